The second-order valence-electron chi connectivity index (χ2n) is 7.54. The highest BCUT2D eigenvalue weighted by molar-refractivity contribution is 5.95. The normalized spacial score (nSPS) is 15.0. The topological polar surface area (TPSA) is 70.4 Å². The number of nitrogens with one attached hydrogen (secondary N) is 1. The fourth-order valence-corrected chi connectivity index (χ4v) is 3.86. The van der Waals surface area contributed by atoms with Gasteiger partial charge in [-0.2, -0.15) is 5.10 Å². The van der Waals surface area contributed by atoms with E-state index < -0.39 is 6.10 Å². The van der Waals surface area contributed by atoms with Gasteiger partial charge in [0.25, 0.3) is 5.91 Å². The van der Waals surface area contributed by atoms with Crippen molar-refractivity contribution in [3.8, 4) is 11.3 Å². The molecule has 1 atom stereocenters. The van der Waals surface area contributed by atoms with Crippen LogP contribution in [-0.4, -0.2) is 51.4 Å². The monoisotopic (exact) mass is 390 g/mol. The number of aliphatic hydroxyl groups excluding tert-OH is 1. The van der Waals surface area contributed by atoms with Crippen LogP contribution in [-0.2, 0) is 20.0 Å². The van der Waals surface area contributed by atoms with Crippen LogP contribution < -0.4 is 5.32 Å². The van der Waals surface area contributed by atoms with E-state index in [9.17, 15) is 9.90 Å². The largest absolute Gasteiger partial charge is 0.390 e. The predicted molar refractivity (Wildman–Crippen MR) is 112 cm³/mol. The lowest BCUT2D eigenvalue weighted by atomic mass is 10.00. The molecule has 0 bridgehead atoms. The number of hydrogen-bond donors (Lipinski definition) is 2. The van der Waals surface area contributed by atoms with Crippen LogP contribution in [0, 0.1) is 0 Å². The molecule has 0 aliphatic carbocycles. The maximum Gasteiger partial charge on any atom is 0.251 e. The standard InChI is InChI=1S/C23H26N4O2/c1-26-22(9-11-25-26)18-7-4-8-19(13-18)23(29)24-14-21(28)16-27-12-10-17-5-2-3-6-20(17)15-27/h2-9,11,13,21,28H,10,12,14-16H2,1H3,(H,24,29). The van der Waals surface area contributed by atoms with Crippen LogP contribution in [0.3, 0.4) is 0 Å². The lowest BCUT2D eigenvalue weighted by Crippen LogP contribution is -2.42. The van der Waals surface area contributed by atoms with Gasteiger partial charge in [-0.3, -0.25) is 14.4 Å². The van der Waals surface area contributed by atoms with Crippen LogP contribution in [0.1, 0.15) is 21.5 Å². The molecule has 3 aromatic rings. The van der Waals surface area contributed by atoms with Gasteiger partial charge in [0, 0.05) is 50.6 Å². The van der Waals surface area contributed by atoms with Crippen molar-refractivity contribution in [2.75, 3.05) is 19.6 Å². The molecular formula is C23H26N4O2. The van der Waals surface area contributed by atoms with Crippen molar-refractivity contribution in [1.29, 1.82) is 0 Å². The van der Waals surface area contributed by atoms with E-state index in [-0.39, 0.29) is 12.5 Å². The minimum atomic E-state index is -0.607. The fourth-order valence-electron chi connectivity index (χ4n) is 3.86. The second kappa shape index (κ2) is 8.59. The number of aromatic nitrogens is 2. The Labute approximate surface area is 170 Å². The summed E-state index contributed by atoms with van der Waals surface area (Å²) in [6.45, 7) is 2.54. The van der Waals surface area contributed by atoms with Gasteiger partial charge in [-0.1, -0.05) is 36.4 Å². The molecule has 1 unspecified atom stereocenters. The van der Waals surface area contributed by atoms with Crippen molar-refractivity contribution >= 4 is 5.91 Å². The van der Waals surface area contributed by atoms with Crippen molar-refractivity contribution in [1.82, 2.24) is 20.0 Å². The van der Waals surface area contributed by atoms with Gasteiger partial charge in [-0.05, 0) is 35.7 Å². The van der Waals surface area contributed by atoms with Crippen molar-refractivity contribution in [3.63, 3.8) is 0 Å². The van der Waals surface area contributed by atoms with Crippen LogP contribution in [0.2, 0.25) is 0 Å². The number of rotatable bonds is 6. The van der Waals surface area contributed by atoms with Gasteiger partial charge in [0.05, 0.1) is 11.8 Å². The van der Waals surface area contributed by atoms with Crippen LogP contribution >= 0.6 is 0 Å². The van der Waals surface area contributed by atoms with E-state index in [1.807, 2.05) is 31.3 Å². The van der Waals surface area contributed by atoms with Crippen molar-refractivity contribution in [2.24, 2.45) is 7.05 Å². The number of carbonyl (C=O) groups excluding carboxylic acids is 1. The highest BCUT2D eigenvalue weighted by Gasteiger charge is 2.19. The molecule has 1 aliphatic heterocycles. The molecule has 1 aliphatic rings. The average molecular weight is 390 g/mol. The van der Waals surface area contributed by atoms with Gasteiger partial charge >= 0.3 is 0 Å². The van der Waals surface area contributed by atoms with Crippen LogP contribution in [0.5, 0.6) is 0 Å². The zero-order chi connectivity index (χ0) is 20.2. The van der Waals surface area contributed by atoms with Crippen LogP contribution in [0.4, 0.5) is 0 Å². The number of hydrogen-bond acceptors (Lipinski definition) is 4. The van der Waals surface area contributed by atoms with E-state index in [1.165, 1.54) is 11.1 Å². The Morgan fingerprint density at radius 1 is 1.17 bits per heavy atom. The lowest BCUT2D eigenvalue weighted by Gasteiger charge is -2.30. The minimum Gasteiger partial charge on any atom is -0.390 e. The molecule has 2 N–H and O–H groups in total. The molecule has 6 nitrogen and oxygen atoms in total. The Morgan fingerprint density at radius 3 is 2.79 bits per heavy atom. The molecule has 29 heavy (non-hydrogen) atoms. The summed E-state index contributed by atoms with van der Waals surface area (Å²) < 4.78 is 1.78. The number of carbonyl (C=O) groups is 1. The van der Waals surface area contributed by atoms with E-state index >= 15 is 0 Å². The Hall–Kier alpha value is -2.96. The van der Waals surface area contributed by atoms with E-state index in [1.54, 1.807) is 16.9 Å². The molecule has 0 fully saturated rings. The molecular weight excluding hydrogens is 364 g/mol. The van der Waals surface area contributed by atoms with Crippen molar-refractivity contribution < 1.29 is 9.90 Å². The Morgan fingerprint density at radius 2 is 2.00 bits per heavy atom. The number of fused-ring (bicyclic) bond motifs is 1. The molecule has 0 saturated heterocycles. The third-order valence-corrected chi connectivity index (χ3v) is 5.42. The summed E-state index contributed by atoms with van der Waals surface area (Å²) in [5, 5.41) is 17.5. The Kier molecular flexibility index (Phi) is 5.74. The van der Waals surface area contributed by atoms with Gasteiger partial charge in [0.1, 0.15) is 0 Å². The summed E-state index contributed by atoms with van der Waals surface area (Å²) in [7, 11) is 1.87. The molecule has 2 aromatic carbocycles. The zero-order valence-corrected chi connectivity index (χ0v) is 16.6. The first-order valence-corrected chi connectivity index (χ1v) is 9.94. The van der Waals surface area contributed by atoms with Crippen molar-refractivity contribution in [2.45, 2.75) is 19.1 Å². The van der Waals surface area contributed by atoms with Crippen LogP contribution in [0.15, 0.2) is 60.8 Å². The minimum absolute atomic E-state index is 0.183. The molecule has 150 valence electrons. The SMILES string of the molecule is Cn1nccc1-c1cccc(C(=O)NCC(O)CN2CCc3ccccc3C2)c1. The van der Waals surface area contributed by atoms with Crippen LogP contribution in [0.25, 0.3) is 11.3 Å². The Bertz CT molecular complexity index is 998. The molecule has 2 heterocycles. The fraction of sp³-hybridized carbons (Fsp3) is 0.304. The van der Waals surface area contributed by atoms with E-state index in [0.717, 1.165) is 30.8 Å². The quantitative estimate of drug-likeness (QED) is 0.677. The number of nitrogens with zero attached hydrogens (tertiary/aromatic N) is 3. The lowest BCUT2D eigenvalue weighted by molar-refractivity contribution is 0.0842. The molecule has 1 amide bonds. The van der Waals surface area contributed by atoms with Gasteiger partial charge in [-0.15, -0.1) is 0 Å². The molecule has 0 radical (unpaired) electrons. The zero-order valence-electron chi connectivity index (χ0n) is 16.6. The summed E-state index contributed by atoms with van der Waals surface area (Å²) in [5.74, 6) is -0.183. The number of amides is 1. The maximum atomic E-state index is 12.6. The number of benzene rings is 2. The first kappa shape index (κ1) is 19.4. The third-order valence-electron chi connectivity index (χ3n) is 5.42. The van der Waals surface area contributed by atoms with Crippen molar-refractivity contribution in [3.05, 3.63) is 77.5 Å². The number of aliphatic hydroxyl groups is 1. The average Bonchev–Trinajstić information content (AvgIpc) is 3.18. The Balaban J connectivity index is 1.31. The van der Waals surface area contributed by atoms with E-state index in [4.69, 9.17) is 0 Å². The predicted octanol–water partition coefficient (Wildman–Crippen LogP) is 2.24. The molecule has 4 rings (SSSR count). The van der Waals surface area contributed by atoms with Gasteiger partial charge in [-0.25, -0.2) is 0 Å². The summed E-state index contributed by atoms with van der Waals surface area (Å²) >= 11 is 0. The first-order chi connectivity index (χ1) is 14.1. The molecule has 6 heteroatoms. The smallest absolute Gasteiger partial charge is 0.251 e. The molecule has 1 aromatic heterocycles. The highest BCUT2D eigenvalue weighted by atomic mass is 16.3. The maximum absolute atomic E-state index is 12.6. The molecule has 0 spiro atoms. The van der Waals surface area contributed by atoms with Gasteiger partial charge in [0.15, 0.2) is 0 Å². The third kappa shape index (κ3) is 4.55. The van der Waals surface area contributed by atoms with Gasteiger partial charge in [0.2, 0.25) is 0 Å². The van der Waals surface area contributed by atoms with E-state index in [0.29, 0.717) is 12.1 Å². The first-order valence-electron chi connectivity index (χ1n) is 9.94. The second-order valence-corrected chi connectivity index (χ2v) is 7.54. The summed E-state index contributed by atoms with van der Waals surface area (Å²) in [4.78, 5) is 14.8. The summed E-state index contributed by atoms with van der Waals surface area (Å²) in [5.41, 5.74) is 5.17. The molecule has 0 saturated carbocycles. The van der Waals surface area contributed by atoms with E-state index in [2.05, 4.69) is 39.6 Å². The summed E-state index contributed by atoms with van der Waals surface area (Å²) in [6, 6.07) is 17.8. The van der Waals surface area contributed by atoms with Gasteiger partial charge < -0.3 is 10.4 Å². The summed E-state index contributed by atoms with van der Waals surface area (Å²) in [6.07, 6.45) is 2.12. The number of aryl methyl sites for hydroxylation is 1. The number of β-amino-alcohol motifs (C(OH)–C–C–N with tert-alkyl or cyclic N) is 1. The highest BCUT2D eigenvalue weighted by Crippen LogP contribution is 2.20.